The van der Waals surface area contributed by atoms with Crippen LogP contribution >= 0.6 is 0 Å². The summed E-state index contributed by atoms with van der Waals surface area (Å²) in [5.41, 5.74) is 1.85. The highest BCUT2D eigenvalue weighted by atomic mass is 16.5. The average Bonchev–Trinajstić information content (AvgIpc) is 3.04. The zero-order valence-corrected chi connectivity index (χ0v) is 18.7. The first kappa shape index (κ1) is 21.1. The van der Waals surface area contributed by atoms with Gasteiger partial charge in [0.2, 0.25) is 0 Å². The quantitative estimate of drug-likeness (QED) is 0.580. The summed E-state index contributed by atoms with van der Waals surface area (Å²) in [6.07, 6.45) is 6.39. The van der Waals surface area contributed by atoms with E-state index in [1.54, 1.807) is 18.0 Å². The summed E-state index contributed by atoms with van der Waals surface area (Å²) in [4.78, 5) is 22.0. The molecule has 9 nitrogen and oxygen atoms in total. The molecule has 2 aliphatic rings. The summed E-state index contributed by atoms with van der Waals surface area (Å²) in [6.45, 7) is 6.76. The largest absolute Gasteiger partial charge is 0.383 e. The number of fused-ring (bicyclic) bond motifs is 2. The standard InChI is InChI=1S/C23H31N7O2/c1-32-14-13-29-17-24-20-15-18(6-7-19(20)23(29)31)28-11-9-27(10-12-28)16-22-26-25-21-5-3-2-4-8-30(21)22/h6-7,15,17H,2-5,8-14,16H2,1H3. The minimum atomic E-state index is -0.0177. The van der Waals surface area contributed by atoms with Gasteiger partial charge in [0.25, 0.3) is 5.56 Å². The Morgan fingerprint density at radius 1 is 1.03 bits per heavy atom. The Morgan fingerprint density at radius 3 is 2.75 bits per heavy atom. The molecule has 0 spiro atoms. The van der Waals surface area contributed by atoms with Crippen LogP contribution in [0.25, 0.3) is 10.9 Å². The van der Waals surface area contributed by atoms with E-state index in [1.165, 1.54) is 19.3 Å². The van der Waals surface area contributed by atoms with Crippen molar-refractivity contribution in [3.8, 4) is 0 Å². The van der Waals surface area contributed by atoms with Crippen molar-refractivity contribution in [2.45, 2.75) is 45.3 Å². The van der Waals surface area contributed by atoms with E-state index in [4.69, 9.17) is 4.74 Å². The van der Waals surface area contributed by atoms with Gasteiger partial charge in [0.1, 0.15) is 11.6 Å². The molecule has 9 heteroatoms. The van der Waals surface area contributed by atoms with Gasteiger partial charge < -0.3 is 14.2 Å². The van der Waals surface area contributed by atoms with Gasteiger partial charge in [0.15, 0.2) is 0 Å². The second-order valence-electron chi connectivity index (χ2n) is 8.70. The number of aromatic nitrogens is 5. The number of ether oxygens (including phenoxy) is 1. The van der Waals surface area contributed by atoms with Crippen LogP contribution < -0.4 is 10.5 Å². The van der Waals surface area contributed by atoms with Crippen LogP contribution in [0.3, 0.4) is 0 Å². The molecule has 0 aliphatic carbocycles. The van der Waals surface area contributed by atoms with Gasteiger partial charge in [-0.15, -0.1) is 10.2 Å². The number of hydrogen-bond acceptors (Lipinski definition) is 7. The lowest BCUT2D eigenvalue weighted by atomic mass is 10.2. The number of nitrogens with zero attached hydrogens (tertiary/aromatic N) is 7. The van der Waals surface area contributed by atoms with E-state index in [1.807, 2.05) is 18.2 Å². The van der Waals surface area contributed by atoms with Crippen molar-refractivity contribution in [2.24, 2.45) is 0 Å². The molecule has 0 amide bonds. The molecule has 0 N–H and O–H groups in total. The molecule has 170 valence electrons. The molecular weight excluding hydrogens is 406 g/mol. The topological polar surface area (TPSA) is 81.3 Å². The van der Waals surface area contributed by atoms with Gasteiger partial charge in [0.05, 0.1) is 36.9 Å². The number of hydrogen-bond donors (Lipinski definition) is 0. The molecule has 1 saturated heterocycles. The first-order valence-electron chi connectivity index (χ1n) is 11.6. The van der Waals surface area contributed by atoms with Gasteiger partial charge in [-0.2, -0.15) is 0 Å². The molecule has 1 fully saturated rings. The minimum absolute atomic E-state index is 0.0177. The number of aryl methyl sites for hydroxylation is 1. The molecule has 4 heterocycles. The Balaban J connectivity index is 1.24. The third-order valence-electron chi connectivity index (χ3n) is 6.63. The fourth-order valence-electron chi connectivity index (χ4n) is 4.72. The van der Waals surface area contributed by atoms with Crippen LogP contribution in [0.4, 0.5) is 5.69 Å². The zero-order chi connectivity index (χ0) is 21.9. The Labute approximate surface area is 187 Å². The van der Waals surface area contributed by atoms with Crippen molar-refractivity contribution in [2.75, 3.05) is 44.8 Å². The Bertz CT molecular complexity index is 1130. The molecule has 2 aromatic heterocycles. The minimum Gasteiger partial charge on any atom is -0.383 e. The molecule has 0 unspecified atom stereocenters. The first-order valence-corrected chi connectivity index (χ1v) is 11.6. The summed E-state index contributed by atoms with van der Waals surface area (Å²) < 4.78 is 9.03. The van der Waals surface area contributed by atoms with E-state index in [0.29, 0.717) is 18.5 Å². The normalized spacial score (nSPS) is 17.5. The molecule has 3 aromatic rings. The van der Waals surface area contributed by atoms with E-state index >= 15 is 0 Å². The fourth-order valence-corrected chi connectivity index (χ4v) is 4.72. The number of methoxy groups -OCH3 is 1. The fraction of sp³-hybridized carbons (Fsp3) is 0.565. The summed E-state index contributed by atoms with van der Waals surface area (Å²) in [5.74, 6) is 2.26. The summed E-state index contributed by atoms with van der Waals surface area (Å²) in [6, 6.07) is 5.98. The van der Waals surface area contributed by atoms with Gasteiger partial charge in [-0.25, -0.2) is 4.98 Å². The molecule has 1 aromatic carbocycles. The highest BCUT2D eigenvalue weighted by Crippen LogP contribution is 2.21. The lowest BCUT2D eigenvalue weighted by Crippen LogP contribution is -2.46. The van der Waals surface area contributed by atoms with Gasteiger partial charge in [-0.3, -0.25) is 14.3 Å². The number of benzene rings is 1. The molecule has 2 aliphatic heterocycles. The van der Waals surface area contributed by atoms with Crippen LogP contribution in [-0.2, 0) is 30.8 Å². The highest BCUT2D eigenvalue weighted by molar-refractivity contribution is 5.81. The SMILES string of the molecule is COCCn1cnc2cc(N3CCN(Cc4nnc5n4CCCCC5)CC3)ccc2c1=O. The molecular formula is C23H31N7O2. The number of anilines is 1. The monoisotopic (exact) mass is 437 g/mol. The van der Waals surface area contributed by atoms with E-state index in [9.17, 15) is 4.79 Å². The maximum atomic E-state index is 12.7. The van der Waals surface area contributed by atoms with Gasteiger partial charge >= 0.3 is 0 Å². The van der Waals surface area contributed by atoms with Crippen molar-refractivity contribution >= 4 is 16.6 Å². The van der Waals surface area contributed by atoms with Crippen molar-refractivity contribution < 1.29 is 4.74 Å². The van der Waals surface area contributed by atoms with E-state index in [-0.39, 0.29) is 5.56 Å². The number of piperazine rings is 1. The third-order valence-corrected chi connectivity index (χ3v) is 6.63. The second kappa shape index (κ2) is 9.38. The summed E-state index contributed by atoms with van der Waals surface area (Å²) in [7, 11) is 1.63. The number of rotatable bonds is 6. The molecule has 32 heavy (non-hydrogen) atoms. The maximum absolute atomic E-state index is 12.7. The van der Waals surface area contributed by atoms with Crippen molar-refractivity contribution in [1.29, 1.82) is 0 Å². The smallest absolute Gasteiger partial charge is 0.261 e. The van der Waals surface area contributed by atoms with Crippen LogP contribution in [0.2, 0.25) is 0 Å². The third kappa shape index (κ3) is 4.27. The lowest BCUT2D eigenvalue weighted by Gasteiger charge is -2.36. The second-order valence-corrected chi connectivity index (χ2v) is 8.70. The summed E-state index contributed by atoms with van der Waals surface area (Å²) >= 11 is 0. The van der Waals surface area contributed by atoms with Crippen LogP contribution in [0, 0.1) is 0 Å². The van der Waals surface area contributed by atoms with E-state index in [2.05, 4.69) is 29.5 Å². The van der Waals surface area contributed by atoms with E-state index in [0.717, 1.165) is 68.5 Å². The van der Waals surface area contributed by atoms with Crippen molar-refractivity contribution in [3.05, 3.63) is 46.5 Å². The molecule has 0 atom stereocenters. The predicted octanol–water partition coefficient (Wildman–Crippen LogP) is 1.68. The average molecular weight is 438 g/mol. The van der Waals surface area contributed by atoms with Crippen molar-refractivity contribution in [1.82, 2.24) is 29.2 Å². The van der Waals surface area contributed by atoms with Crippen LogP contribution in [0.1, 0.15) is 30.9 Å². The molecule has 5 rings (SSSR count). The maximum Gasteiger partial charge on any atom is 0.261 e. The van der Waals surface area contributed by atoms with Crippen molar-refractivity contribution in [3.63, 3.8) is 0 Å². The Morgan fingerprint density at radius 2 is 1.91 bits per heavy atom. The van der Waals surface area contributed by atoms with Gasteiger partial charge in [0, 0.05) is 51.9 Å². The van der Waals surface area contributed by atoms with Crippen LogP contribution in [-0.4, -0.2) is 69.1 Å². The lowest BCUT2D eigenvalue weighted by molar-refractivity contribution is 0.186. The van der Waals surface area contributed by atoms with Crippen LogP contribution in [0.15, 0.2) is 29.3 Å². The van der Waals surface area contributed by atoms with Gasteiger partial charge in [-0.05, 0) is 31.0 Å². The molecule has 0 radical (unpaired) electrons. The van der Waals surface area contributed by atoms with E-state index < -0.39 is 0 Å². The molecule has 0 saturated carbocycles. The summed E-state index contributed by atoms with van der Waals surface area (Å²) in [5, 5.41) is 9.58. The van der Waals surface area contributed by atoms with Gasteiger partial charge in [-0.1, -0.05) is 6.42 Å². The van der Waals surface area contributed by atoms with Crippen LogP contribution in [0.5, 0.6) is 0 Å². The molecule has 0 bridgehead atoms. The Kier molecular flexibility index (Phi) is 6.18. The highest BCUT2D eigenvalue weighted by Gasteiger charge is 2.21. The first-order chi connectivity index (χ1) is 15.7. The Hall–Kier alpha value is -2.78. The zero-order valence-electron chi connectivity index (χ0n) is 18.7. The predicted molar refractivity (Wildman–Crippen MR) is 123 cm³/mol.